The lowest BCUT2D eigenvalue weighted by molar-refractivity contribution is -0.138. The Morgan fingerprint density at radius 2 is 1.96 bits per heavy atom. The molecule has 6 heteroatoms. The van der Waals surface area contributed by atoms with Crippen LogP contribution in [0.3, 0.4) is 0 Å². The Hall–Kier alpha value is -2.76. The van der Waals surface area contributed by atoms with E-state index in [0.29, 0.717) is 24.4 Å². The number of amides is 1. The molecule has 1 aliphatic heterocycles. The van der Waals surface area contributed by atoms with Crippen LogP contribution in [0.2, 0.25) is 0 Å². The third-order valence-electron chi connectivity index (χ3n) is 3.51. The fourth-order valence-electron chi connectivity index (χ4n) is 2.32. The number of carbonyl (C=O) groups is 2. The van der Waals surface area contributed by atoms with Crippen molar-refractivity contribution >= 4 is 17.8 Å². The van der Waals surface area contributed by atoms with Crippen LogP contribution in [0.25, 0.3) is 5.70 Å². The van der Waals surface area contributed by atoms with Gasteiger partial charge in [0.15, 0.2) is 0 Å². The van der Waals surface area contributed by atoms with Gasteiger partial charge in [-0.15, -0.1) is 0 Å². The highest BCUT2D eigenvalue weighted by Crippen LogP contribution is 2.32. The molecule has 0 aromatic heterocycles. The molecule has 0 aliphatic carbocycles. The van der Waals surface area contributed by atoms with Crippen LogP contribution in [0.4, 0.5) is 4.79 Å². The van der Waals surface area contributed by atoms with Crippen molar-refractivity contribution in [1.29, 1.82) is 0 Å². The van der Waals surface area contributed by atoms with E-state index in [1.54, 1.807) is 33.3 Å². The van der Waals surface area contributed by atoms with Crippen LogP contribution >= 0.6 is 0 Å². The zero-order valence-corrected chi connectivity index (χ0v) is 14.4. The standard InChI is InChI=1S/C18H22N2O4/c1-5-23-17(21)13-10-11-15(20(4)12-13)14-8-6-7-9-16(14)24-18(22)19(2)3/h6-9,11-12H,5,10H2,1-4H3. The summed E-state index contributed by atoms with van der Waals surface area (Å²) in [4.78, 5) is 26.9. The molecule has 1 aromatic carbocycles. The normalized spacial score (nSPS) is 13.8. The Bertz CT molecular complexity index is 692. The smallest absolute Gasteiger partial charge is 0.414 e. The van der Waals surface area contributed by atoms with E-state index in [4.69, 9.17) is 9.47 Å². The monoisotopic (exact) mass is 330 g/mol. The summed E-state index contributed by atoms with van der Waals surface area (Å²) in [5.74, 6) is 0.161. The molecular weight excluding hydrogens is 308 g/mol. The number of ether oxygens (including phenoxy) is 2. The Kier molecular flexibility index (Phi) is 5.63. The molecule has 0 saturated carbocycles. The van der Waals surface area contributed by atoms with Crippen LogP contribution in [-0.2, 0) is 9.53 Å². The van der Waals surface area contributed by atoms with Gasteiger partial charge in [0.2, 0.25) is 0 Å². The quantitative estimate of drug-likeness (QED) is 0.795. The first-order valence-corrected chi connectivity index (χ1v) is 7.73. The number of hydrogen-bond acceptors (Lipinski definition) is 5. The largest absolute Gasteiger partial charge is 0.463 e. The summed E-state index contributed by atoms with van der Waals surface area (Å²) in [6.07, 6.45) is 3.70. The second kappa shape index (κ2) is 7.68. The summed E-state index contributed by atoms with van der Waals surface area (Å²) in [5, 5.41) is 0. The number of hydrogen-bond donors (Lipinski definition) is 0. The van der Waals surface area contributed by atoms with Gasteiger partial charge < -0.3 is 19.3 Å². The summed E-state index contributed by atoms with van der Waals surface area (Å²) in [6, 6.07) is 7.31. The third-order valence-corrected chi connectivity index (χ3v) is 3.51. The topological polar surface area (TPSA) is 59.1 Å². The maximum atomic E-state index is 11.9. The first kappa shape index (κ1) is 17.6. The highest BCUT2D eigenvalue weighted by Gasteiger charge is 2.21. The molecule has 0 bridgehead atoms. The molecular formula is C18H22N2O4. The van der Waals surface area contributed by atoms with Crippen LogP contribution in [-0.4, -0.2) is 49.6 Å². The first-order chi connectivity index (χ1) is 11.4. The second-order valence-electron chi connectivity index (χ2n) is 5.54. The van der Waals surface area contributed by atoms with Gasteiger partial charge in [-0.05, 0) is 19.1 Å². The van der Waals surface area contributed by atoms with Gasteiger partial charge in [-0.25, -0.2) is 9.59 Å². The Morgan fingerprint density at radius 3 is 2.58 bits per heavy atom. The van der Waals surface area contributed by atoms with Crippen molar-refractivity contribution in [2.45, 2.75) is 13.3 Å². The van der Waals surface area contributed by atoms with Gasteiger partial charge in [0.05, 0.1) is 12.2 Å². The van der Waals surface area contributed by atoms with Gasteiger partial charge in [-0.3, -0.25) is 0 Å². The van der Waals surface area contributed by atoms with Crippen molar-refractivity contribution in [3.05, 3.63) is 47.7 Å². The number of carbonyl (C=O) groups excluding carboxylic acids is 2. The summed E-state index contributed by atoms with van der Waals surface area (Å²) in [5.41, 5.74) is 2.24. The summed E-state index contributed by atoms with van der Waals surface area (Å²) in [7, 11) is 5.10. The van der Waals surface area contributed by atoms with Crippen LogP contribution < -0.4 is 4.74 Å². The van der Waals surface area contributed by atoms with E-state index >= 15 is 0 Å². The van der Waals surface area contributed by atoms with Crippen molar-refractivity contribution in [2.75, 3.05) is 27.7 Å². The number of rotatable bonds is 4. The second-order valence-corrected chi connectivity index (χ2v) is 5.54. The highest BCUT2D eigenvalue weighted by molar-refractivity contribution is 5.90. The predicted molar refractivity (Wildman–Crippen MR) is 91.2 cm³/mol. The number of benzene rings is 1. The zero-order chi connectivity index (χ0) is 17.7. The molecule has 128 valence electrons. The molecule has 0 spiro atoms. The molecule has 0 N–H and O–H groups in total. The minimum atomic E-state index is -0.440. The summed E-state index contributed by atoms with van der Waals surface area (Å²) < 4.78 is 10.5. The van der Waals surface area contributed by atoms with Crippen molar-refractivity contribution in [3.63, 3.8) is 0 Å². The van der Waals surface area contributed by atoms with Gasteiger partial charge in [0, 0.05) is 45.0 Å². The fraction of sp³-hybridized carbons (Fsp3) is 0.333. The van der Waals surface area contributed by atoms with Gasteiger partial charge in [0.1, 0.15) is 5.75 Å². The fourth-order valence-corrected chi connectivity index (χ4v) is 2.32. The maximum absolute atomic E-state index is 11.9. The molecule has 0 unspecified atom stereocenters. The molecule has 1 heterocycles. The molecule has 2 rings (SSSR count). The lowest BCUT2D eigenvalue weighted by atomic mass is 10.0. The van der Waals surface area contributed by atoms with Gasteiger partial charge in [-0.1, -0.05) is 18.2 Å². The van der Waals surface area contributed by atoms with Gasteiger partial charge >= 0.3 is 12.1 Å². The lowest BCUT2D eigenvalue weighted by Crippen LogP contribution is -2.26. The Balaban J connectivity index is 2.24. The zero-order valence-electron chi connectivity index (χ0n) is 14.4. The molecule has 1 aliphatic rings. The minimum Gasteiger partial charge on any atom is -0.463 e. The molecule has 1 amide bonds. The van der Waals surface area contributed by atoms with Crippen molar-refractivity contribution < 1.29 is 19.1 Å². The van der Waals surface area contributed by atoms with E-state index in [0.717, 1.165) is 11.3 Å². The maximum Gasteiger partial charge on any atom is 0.414 e. The van der Waals surface area contributed by atoms with E-state index in [1.165, 1.54) is 4.90 Å². The Morgan fingerprint density at radius 1 is 1.25 bits per heavy atom. The highest BCUT2D eigenvalue weighted by atomic mass is 16.6. The van der Waals surface area contributed by atoms with Crippen molar-refractivity contribution in [1.82, 2.24) is 9.80 Å². The van der Waals surface area contributed by atoms with E-state index in [-0.39, 0.29) is 5.97 Å². The number of para-hydroxylation sites is 1. The summed E-state index contributed by atoms with van der Waals surface area (Å²) in [6.45, 7) is 2.13. The van der Waals surface area contributed by atoms with E-state index in [2.05, 4.69) is 0 Å². The van der Waals surface area contributed by atoms with Crippen LogP contribution in [0.15, 0.2) is 42.1 Å². The molecule has 6 nitrogen and oxygen atoms in total. The number of esters is 1. The van der Waals surface area contributed by atoms with Crippen LogP contribution in [0.1, 0.15) is 18.9 Å². The van der Waals surface area contributed by atoms with E-state index in [9.17, 15) is 9.59 Å². The third kappa shape index (κ3) is 3.95. The Labute approximate surface area is 141 Å². The van der Waals surface area contributed by atoms with E-state index in [1.807, 2.05) is 36.2 Å². The molecule has 1 aromatic rings. The van der Waals surface area contributed by atoms with Crippen molar-refractivity contribution in [3.8, 4) is 5.75 Å². The number of nitrogens with zero attached hydrogens (tertiary/aromatic N) is 2. The van der Waals surface area contributed by atoms with Gasteiger partial charge in [-0.2, -0.15) is 0 Å². The molecule has 24 heavy (non-hydrogen) atoms. The lowest BCUT2D eigenvalue weighted by Gasteiger charge is -2.25. The van der Waals surface area contributed by atoms with Crippen LogP contribution in [0.5, 0.6) is 5.75 Å². The molecule has 0 atom stereocenters. The predicted octanol–water partition coefficient (Wildman–Crippen LogP) is 2.87. The summed E-state index contributed by atoms with van der Waals surface area (Å²) >= 11 is 0. The first-order valence-electron chi connectivity index (χ1n) is 7.73. The molecule has 0 radical (unpaired) electrons. The minimum absolute atomic E-state index is 0.313. The van der Waals surface area contributed by atoms with Crippen LogP contribution in [0, 0.1) is 0 Å². The molecule has 0 saturated heterocycles. The average molecular weight is 330 g/mol. The van der Waals surface area contributed by atoms with Gasteiger partial charge in [0.25, 0.3) is 0 Å². The SMILES string of the molecule is CCOC(=O)C1=CN(C)C(c2ccccc2OC(=O)N(C)C)=CC1. The average Bonchev–Trinajstić information content (AvgIpc) is 2.55. The number of allylic oxidation sites excluding steroid dienone is 1. The van der Waals surface area contributed by atoms with Crippen molar-refractivity contribution in [2.24, 2.45) is 0 Å². The van der Waals surface area contributed by atoms with E-state index < -0.39 is 6.09 Å². The molecule has 0 fully saturated rings.